The summed E-state index contributed by atoms with van der Waals surface area (Å²) in [5.74, 6) is 0.831. The summed E-state index contributed by atoms with van der Waals surface area (Å²) in [4.78, 5) is 14.0. The average molecular weight is 459 g/mol. The molecule has 1 aromatic carbocycles. The first-order valence-electron chi connectivity index (χ1n) is 10.2. The van der Waals surface area contributed by atoms with E-state index < -0.39 is 0 Å². The lowest BCUT2D eigenvalue weighted by atomic mass is 10.0. The van der Waals surface area contributed by atoms with Crippen molar-refractivity contribution in [1.82, 2.24) is 19.5 Å². The van der Waals surface area contributed by atoms with Crippen molar-refractivity contribution in [1.29, 1.82) is 0 Å². The van der Waals surface area contributed by atoms with Crippen molar-refractivity contribution in [3.05, 3.63) is 77.6 Å². The molecule has 6 nitrogen and oxygen atoms in total. The van der Waals surface area contributed by atoms with Gasteiger partial charge in [-0.1, -0.05) is 41.9 Å². The predicted molar refractivity (Wildman–Crippen MR) is 130 cm³/mol. The van der Waals surface area contributed by atoms with E-state index in [2.05, 4.69) is 55.9 Å². The highest BCUT2D eigenvalue weighted by Gasteiger charge is 2.21. The Kier molecular flexibility index (Phi) is 5.83. The number of pyridine rings is 2. The molecule has 0 unspecified atom stereocenters. The van der Waals surface area contributed by atoms with E-state index in [-0.39, 0.29) is 0 Å². The van der Waals surface area contributed by atoms with Crippen LogP contribution in [0.15, 0.2) is 87.2 Å². The maximum Gasteiger partial charge on any atom is 0.160 e. The van der Waals surface area contributed by atoms with Gasteiger partial charge in [0, 0.05) is 37.1 Å². The van der Waals surface area contributed by atoms with Crippen LogP contribution < -0.4 is 0 Å². The van der Waals surface area contributed by atoms with Gasteiger partial charge in [-0.15, -0.1) is 0 Å². The molecule has 4 heterocycles. The van der Waals surface area contributed by atoms with Gasteiger partial charge in [0.1, 0.15) is 21.4 Å². The van der Waals surface area contributed by atoms with Crippen LogP contribution in [0.2, 0.25) is 5.02 Å². The number of halogens is 1. The number of benzene rings is 1. The molecule has 4 aromatic rings. The molecule has 8 heteroatoms. The topological polar surface area (TPSA) is 68.3 Å². The zero-order chi connectivity index (χ0) is 21.9. The van der Waals surface area contributed by atoms with Gasteiger partial charge < -0.3 is 4.57 Å². The fourth-order valence-corrected chi connectivity index (χ4v) is 4.65. The van der Waals surface area contributed by atoms with E-state index in [1.54, 1.807) is 24.2 Å². The molecule has 0 aliphatic carbocycles. The zero-order valence-electron chi connectivity index (χ0n) is 17.3. The van der Waals surface area contributed by atoms with Crippen LogP contribution in [0.25, 0.3) is 22.8 Å². The molecule has 0 bridgehead atoms. The van der Waals surface area contributed by atoms with E-state index in [9.17, 15) is 0 Å². The average Bonchev–Trinajstić information content (AvgIpc) is 3.50. The smallest absolute Gasteiger partial charge is 0.160 e. The van der Waals surface area contributed by atoms with Gasteiger partial charge in [-0.3, -0.25) is 4.98 Å². The predicted octanol–water partition coefficient (Wildman–Crippen LogP) is 6.01. The Balaban J connectivity index is 1.61. The third-order valence-electron chi connectivity index (χ3n) is 5.07. The van der Waals surface area contributed by atoms with Gasteiger partial charge in [0.05, 0.1) is 10.7 Å². The van der Waals surface area contributed by atoms with Crippen molar-refractivity contribution in [2.24, 2.45) is 10.2 Å². The number of rotatable bonds is 6. The number of hydrogen-bond donors (Lipinski definition) is 0. The number of aromatic nitrogens is 4. The summed E-state index contributed by atoms with van der Waals surface area (Å²) >= 11 is 7.61. The number of hydrogen-bond acceptors (Lipinski definition) is 6. The van der Waals surface area contributed by atoms with Gasteiger partial charge in [0.2, 0.25) is 0 Å². The van der Waals surface area contributed by atoms with E-state index >= 15 is 0 Å². The van der Waals surface area contributed by atoms with E-state index in [1.807, 2.05) is 36.5 Å². The lowest BCUT2D eigenvalue weighted by Crippen LogP contribution is -2.00. The molecule has 1 aliphatic heterocycles. The standard InChI is InChI=1S/C24H19ClN6S/c1-2-31-23(20-5-3-4-13-26-20)29-22(24(31)32-21-11-10-18(25)15-27-21)17-8-6-16(7-9-17)19-12-14-28-30-19/h3-11,13-15H,2,12H2,1H3. The van der Waals surface area contributed by atoms with Gasteiger partial charge in [0.15, 0.2) is 5.82 Å². The van der Waals surface area contributed by atoms with Crippen LogP contribution in [0, 0.1) is 0 Å². The van der Waals surface area contributed by atoms with Crippen LogP contribution in [0.5, 0.6) is 0 Å². The Morgan fingerprint density at radius 2 is 1.84 bits per heavy atom. The molecule has 0 atom stereocenters. The Morgan fingerprint density at radius 3 is 2.50 bits per heavy atom. The third-order valence-corrected chi connectivity index (χ3v) is 6.35. The largest absolute Gasteiger partial charge is 0.317 e. The first-order chi connectivity index (χ1) is 15.7. The van der Waals surface area contributed by atoms with Crippen molar-refractivity contribution in [2.75, 3.05) is 0 Å². The van der Waals surface area contributed by atoms with Crippen molar-refractivity contribution in [3.63, 3.8) is 0 Å². The molecule has 0 spiro atoms. The van der Waals surface area contributed by atoms with Crippen LogP contribution in [-0.4, -0.2) is 31.4 Å². The first kappa shape index (κ1) is 20.6. The highest BCUT2D eigenvalue weighted by Crippen LogP contribution is 2.38. The molecule has 0 amide bonds. The van der Waals surface area contributed by atoms with Gasteiger partial charge in [-0.2, -0.15) is 10.2 Å². The van der Waals surface area contributed by atoms with Crippen molar-refractivity contribution < 1.29 is 0 Å². The van der Waals surface area contributed by atoms with E-state index in [1.165, 1.54) is 0 Å². The Hall–Kier alpha value is -3.29. The van der Waals surface area contributed by atoms with E-state index in [4.69, 9.17) is 16.6 Å². The summed E-state index contributed by atoms with van der Waals surface area (Å²) in [6.45, 7) is 2.86. The first-order valence-corrected chi connectivity index (χ1v) is 11.4. The lowest BCUT2D eigenvalue weighted by molar-refractivity contribution is 0.707. The quantitative estimate of drug-likeness (QED) is 0.354. The summed E-state index contributed by atoms with van der Waals surface area (Å²) < 4.78 is 2.18. The zero-order valence-corrected chi connectivity index (χ0v) is 18.9. The fourth-order valence-electron chi connectivity index (χ4n) is 3.51. The van der Waals surface area contributed by atoms with Gasteiger partial charge >= 0.3 is 0 Å². The van der Waals surface area contributed by atoms with Crippen LogP contribution in [0.3, 0.4) is 0 Å². The maximum absolute atomic E-state index is 6.04. The minimum absolute atomic E-state index is 0.613. The summed E-state index contributed by atoms with van der Waals surface area (Å²) in [6, 6.07) is 17.9. The van der Waals surface area contributed by atoms with Gasteiger partial charge in [-0.05, 0) is 48.5 Å². The lowest BCUT2D eigenvalue weighted by Gasteiger charge is -2.10. The Bertz CT molecular complexity index is 1300. The Labute approximate surface area is 195 Å². The summed E-state index contributed by atoms with van der Waals surface area (Å²) in [5, 5.41) is 10.6. The second kappa shape index (κ2) is 9.06. The Morgan fingerprint density at radius 1 is 1.00 bits per heavy atom. The SMILES string of the molecule is CCn1c(-c2ccccn2)nc(-c2ccc(C3=NN=CC3)cc2)c1Sc1ccc(Cl)cn1. The molecule has 0 radical (unpaired) electrons. The molecule has 32 heavy (non-hydrogen) atoms. The highest BCUT2D eigenvalue weighted by atomic mass is 35.5. The monoisotopic (exact) mass is 458 g/mol. The molecule has 158 valence electrons. The minimum Gasteiger partial charge on any atom is -0.317 e. The van der Waals surface area contributed by atoms with Crippen molar-refractivity contribution >= 4 is 35.3 Å². The second-order valence-electron chi connectivity index (χ2n) is 7.09. The second-order valence-corrected chi connectivity index (χ2v) is 8.54. The molecule has 5 rings (SSSR count). The van der Waals surface area contributed by atoms with Crippen molar-refractivity contribution in [2.45, 2.75) is 29.9 Å². The molecule has 0 saturated heterocycles. The normalized spacial score (nSPS) is 12.9. The highest BCUT2D eigenvalue weighted by molar-refractivity contribution is 7.99. The summed E-state index contributed by atoms with van der Waals surface area (Å²) in [5.41, 5.74) is 4.80. The van der Waals surface area contributed by atoms with Crippen LogP contribution in [-0.2, 0) is 6.54 Å². The molecule has 1 aliphatic rings. The van der Waals surface area contributed by atoms with Gasteiger partial charge in [-0.25, -0.2) is 9.97 Å². The number of imidazole rings is 1. The molecule has 3 aromatic heterocycles. The van der Waals surface area contributed by atoms with E-state index in [0.717, 1.165) is 57.1 Å². The summed E-state index contributed by atoms with van der Waals surface area (Å²) in [7, 11) is 0. The fraction of sp³-hybridized carbons (Fsp3) is 0.125. The van der Waals surface area contributed by atoms with Crippen LogP contribution in [0.1, 0.15) is 18.9 Å². The number of nitrogens with zero attached hydrogens (tertiary/aromatic N) is 6. The van der Waals surface area contributed by atoms with E-state index in [0.29, 0.717) is 5.02 Å². The third kappa shape index (κ3) is 4.09. The minimum atomic E-state index is 0.613. The molecular formula is C24H19ClN6S. The molecular weight excluding hydrogens is 440 g/mol. The van der Waals surface area contributed by atoms with Crippen molar-refractivity contribution in [3.8, 4) is 22.8 Å². The van der Waals surface area contributed by atoms with Crippen LogP contribution in [0.4, 0.5) is 0 Å². The maximum atomic E-state index is 6.04. The summed E-state index contributed by atoms with van der Waals surface area (Å²) in [6.07, 6.45) is 6.03. The molecule has 0 N–H and O–H groups in total. The van der Waals surface area contributed by atoms with Gasteiger partial charge in [0.25, 0.3) is 0 Å². The molecule has 0 saturated carbocycles. The van der Waals surface area contributed by atoms with Crippen LogP contribution >= 0.6 is 23.4 Å². The molecule has 0 fully saturated rings.